The van der Waals surface area contributed by atoms with Gasteiger partial charge in [-0.1, -0.05) is 29.4 Å². The largest absolute Gasteiger partial charge is 0.326 e. The first-order valence-corrected chi connectivity index (χ1v) is 8.80. The van der Waals surface area contributed by atoms with Gasteiger partial charge in [0.15, 0.2) is 5.17 Å². The van der Waals surface area contributed by atoms with Gasteiger partial charge in [0, 0.05) is 30.2 Å². The van der Waals surface area contributed by atoms with Crippen molar-refractivity contribution >= 4 is 46.0 Å². The monoisotopic (exact) mass is 353 g/mol. The van der Waals surface area contributed by atoms with Crippen LogP contribution in [0.5, 0.6) is 0 Å². The van der Waals surface area contributed by atoms with Crippen LogP contribution in [0.25, 0.3) is 0 Å². The van der Waals surface area contributed by atoms with Gasteiger partial charge in [0.2, 0.25) is 11.8 Å². The standard InChI is InChI=1S/C16H20ClN3O2S/c1-4-18-16-20(5-2)15(22)13(23-16)9-14(21)19-11-7-6-10(3)12(17)8-11/h6-8,13H,4-5,9H2,1-3H3,(H,19,21)/t13-/m0/s1. The molecule has 0 bridgehead atoms. The van der Waals surface area contributed by atoms with E-state index in [0.29, 0.717) is 29.0 Å². The third-order valence-electron chi connectivity index (χ3n) is 3.46. The van der Waals surface area contributed by atoms with Gasteiger partial charge in [0.05, 0.1) is 0 Å². The number of aliphatic imine (C=N–C) groups is 1. The molecule has 124 valence electrons. The maximum absolute atomic E-state index is 12.3. The average Bonchev–Trinajstić information content (AvgIpc) is 2.79. The highest BCUT2D eigenvalue weighted by atomic mass is 35.5. The summed E-state index contributed by atoms with van der Waals surface area (Å²) in [5.41, 5.74) is 1.58. The van der Waals surface area contributed by atoms with Gasteiger partial charge in [-0.2, -0.15) is 0 Å². The lowest BCUT2D eigenvalue weighted by Crippen LogP contribution is -2.33. The fourth-order valence-electron chi connectivity index (χ4n) is 2.24. The van der Waals surface area contributed by atoms with Crippen molar-refractivity contribution in [3.8, 4) is 0 Å². The number of benzene rings is 1. The van der Waals surface area contributed by atoms with Gasteiger partial charge in [-0.3, -0.25) is 19.5 Å². The summed E-state index contributed by atoms with van der Waals surface area (Å²) in [6.45, 7) is 6.91. The quantitative estimate of drug-likeness (QED) is 0.883. The van der Waals surface area contributed by atoms with E-state index in [1.54, 1.807) is 17.0 Å². The molecule has 1 aromatic carbocycles. The van der Waals surface area contributed by atoms with Crippen LogP contribution in [0, 0.1) is 6.92 Å². The number of anilines is 1. The van der Waals surface area contributed by atoms with Crippen LogP contribution in [0.1, 0.15) is 25.8 Å². The number of hydrogen-bond donors (Lipinski definition) is 1. The molecule has 1 saturated heterocycles. The Kier molecular flexibility index (Phi) is 6.07. The van der Waals surface area contributed by atoms with Gasteiger partial charge in [-0.25, -0.2) is 0 Å². The fraction of sp³-hybridized carbons (Fsp3) is 0.438. The average molecular weight is 354 g/mol. The summed E-state index contributed by atoms with van der Waals surface area (Å²) < 4.78 is 0. The molecule has 2 amide bonds. The number of nitrogens with one attached hydrogen (secondary N) is 1. The first-order chi connectivity index (χ1) is 11.0. The van der Waals surface area contributed by atoms with Gasteiger partial charge in [0.25, 0.3) is 0 Å². The van der Waals surface area contributed by atoms with Crippen LogP contribution in [0.3, 0.4) is 0 Å². The maximum atomic E-state index is 12.3. The van der Waals surface area contributed by atoms with Crippen LogP contribution < -0.4 is 5.32 Å². The highest BCUT2D eigenvalue weighted by Gasteiger charge is 2.37. The van der Waals surface area contributed by atoms with Crippen molar-refractivity contribution in [3.63, 3.8) is 0 Å². The molecule has 0 spiro atoms. The summed E-state index contributed by atoms with van der Waals surface area (Å²) >= 11 is 7.41. The van der Waals surface area contributed by atoms with E-state index in [0.717, 1.165) is 5.56 Å². The van der Waals surface area contributed by atoms with Crippen LogP contribution in [0.2, 0.25) is 5.02 Å². The molecular formula is C16H20ClN3O2S. The SMILES string of the molecule is CCN=C1S[C@@H](CC(=O)Nc2ccc(C)c(Cl)c2)C(=O)N1CC. The van der Waals surface area contributed by atoms with Crippen molar-refractivity contribution in [3.05, 3.63) is 28.8 Å². The molecule has 1 heterocycles. The number of amidine groups is 1. The summed E-state index contributed by atoms with van der Waals surface area (Å²) in [6.07, 6.45) is 0.119. The Labute approximate surface area is 145 Å². The van der Waals surface area contributed by atoms with E-state index in [4.69, 9.17) is 11.6 Å². The van der Waals surface area contributed by atoms with E-state index >= 15 is 0 Å². The van der Waals surface area contributed by atoms with Gasteiger partial charge in [0.1, 0.15) is 5.25 Å². The van der Waals surface area contributed by atoms with Crippen molar-refractivity contribution in [2.45, 2.75) is 32.4 Å². The lowest BCUT2D eigenvalue weighted by atomic mass is 10.2. The Balaban J connectivity index is 2.01. The Morgan fingerprint density at radius 2 is 2.17 bits per heavy atom. The molecule has 5 nitrogen and oxygen atoms in total. The second-order valence-corrected chi connectivity index (χ2v) is 6.74. The van der Waals surface area contributed by atoms with Crippen molar-refractivity contribution in [2.24, 2.45) is 4.99 Å². The fourth-order valence-corrected chi connectivity index (χ4v) is 3.69. The molecule has 1 N–H and O–H groups in total. The second kappa shape index (κ2) is 7.84. The second-order valence-electron chi connectivity index (χ2n) is 5.16. The molecular weight excluding hydrogens is 334 g/mol. The van der Waals surface area contributed by atoms with Crippen molar-refractivity contribution < 1.29 is 9.59 Å². The molecule has 7 heteroatoms. The van der Waals surface area contributed by atoms with Crippen LogP contribution in [-0.2, 0) is 9.59 Å². The molecule has 1 aliphatic rings. The highest BCUT2D eigenvalue weighted by molar-refractivity contribution is 8.15. The van der Waals surface area contributed by atoms with Crippen molar-refractivity contribution in [1.29, 1.82) is 0 Å². The Morgan fingerprint density at radius 3 is 2.78 bits per heavy atom. The summed E-state index contributed by atoms with van der Waals surface area (Å²) in [7, 11) is 0. The van der Waals surface area contributed by atoms with Crippen molar-refractivity contribution in [2.75, 3.05) is 18.4 Å². The van der Waals surface area contributed by atoms with E-state index < -0.39 is 5.25 Å². The smallest absolute Gasteiger partial charge is 0.242 e. The molecule has 0 aliphatic carbocycles. The number of hydrogen-bond acceptors (Lipinski definition) is 4. The number of nitrogens with zero attached hydrogens (tertiary/aromatic N) is 2. The number of carbonyl (C=O) groups is 2. The number of thioether (sulfide) groups is 1. The van der Waals surface area contributed by atoms with Gasteiger partial charge < -0.3 is 5.32 Å². The minimum atomic E-state index is -0.416. The van der Waals surface area contributed by atoms with E-state index in [9.17, 15) is 9.59 Å². The molecule has 1 aromatic rings. The summed E-state index contributed by atoms with van der Waals surface area (Å²) in [5, 5.41) is 3.68. The van der Waals surface area contributed by atoms with Gasteiger partial charge in [-0.05, 0) is 38.5 Å². The van der Waals surface area contributed by atoms with Crippen LogP contribution in [0.4, 0.5) is 5.69 Å². The first-order valence-electron chi connectivity index (χ1n) is 7.54. The summed E-state index contributed by atoms with van der Waals surface area (Å²) in [6, 6.07) is 5.35. The topological polar surface area (TPSA) is 61.8 Å². The lowest BCUT2D eigenvalue weighted by Gasteiger charge is -2.13. The number of aryl methyl sites for hydroxylation is 1. The van der Waals surface area contributed by atoms with Crippen LogP contribution in [0.15, 0.2) is 23.2 Å². The molecule has 23 heavy (non-hydrogen) atoms. The number of amides is 2. The molecule has 0 unspecified atom stereocenters. The zero-order chi connectivity index (χ0) is 17.0. The van der Waals surface area contributed by atoms with E-state index in [1.807, 2.05) is 26.8 Å². The third kappa shape index (κ3) is 4.26. The Bertz CT molecular complexity index is 648. The third-order valence-corrected chi connectivity index (χ3v) is 5.08. The molecule has 1 aliphatic heterocycles. The van der Waals surface area contributed by atoms with E-state index in [-0.39, 0.29) is 18.2 Å². The predicted molar refractivity (Wildman–Crippen MR) is 96.2 cm³/mol. The maximum Gasteiger partial charge on any atom is 0.242 e. The number of rotatable bonds is 5. The number of halogens is 1. The Morgan fingerprint density at radius 1 is 1.43 bits per heavy atom. The predicted octanol–water partition coefficient (Wildman–Crippen LogP) is 3.32. The first kappa shape index (κ1) is 17.8. The highest BCUT2D eigenvalue weighted by Crippen LogP contribution is 2.30. The Hall–Kier alpha value is -1.53. The molecule has 1 atom stereocenters. The molecule has 0 saturated carbocycles. The van der Waals surface area contributed by atoms with E-state index in [1.165, 1.54) is 11.8 Å². The summed E-state index contributed by atoms with van der Waals surface area (Å²) in [4.78, 5) is 30.5. The molecule has 0 radical (unpaired) electrons. The zero-order valence-electron chi connectivity index (χ0n) is 13.4. The minimum absolute atomic E-state index is 0.0539. The zero-order valence-corrected chi connectivity index (χ0v) is 15.0. The van der Waals surface area contributed by atoms with Gasteiger partial charge >= 0.3 is 0 Å². The summed E-state index contributed by atoms with van der Waals surface area (Å²) in [5.74, 6) is -0.258. The normalized spacial score (nSPS) is 19.5. The molecule has 0 aromatic heterocycles. The van der Waals surface area contributed by atoms with Crippen LogP contribution >= 0.6 is 23.4 Å². The van der Waals surface area contributed by atoms with Gasteiger partial charge in [-0.15, -0.1) is 0 Å². The van der Waals surface area contributed by atoms with E-state index in [2.05, 4.69) is 10.3 Å². The van der Waals surface area contributed by atoms with Crippen molar-refractivity contribution in [1.82, 2.24) is 4.90 Å². The number of carbonyl (C=O) groups excluding carboxylic acids is 2. The van der Waals surface area contributed by atoms with Crippen LogP contribution in [-0.4, -0.2) is 40.2 Å². The molecule has 2 rings (SSSR count). The lowest BCUT2D eigenvalue weighted by molar-refractivity contribution is -0.128. The molecule has 1 fully saturated rings. The minimum Gasteiger partial charge on any atom is -0.326 e.